The minimum atomic E-state index is -4.97. The van der Waals surface area contributed by atoms with Crippen LogP contribution in [0.2, 0.25) is 0 Å². The number of nitrogens with one attached hydrogen (secondary N) is 1. The van der Waals surface area contributed by atoms with Crippen molar-refractivity contribution in [2.75, 3.05) is 6.61 Å². The molecule has 0 amide bonds. The Balaban J connectivity index is 2.76. The molecule has 1 unspecified atom stereocenters. The molecular formula is C24H29F4NO3S. The van der Waals surface area contributed by atoms with E-state index in [2.05, 4.69) is 4.72 Å². The van der Waals surface area contributed by atoms with Crippen molar-refractivity contribution in [3.8, 4) is 11.1 Å². The lowest BCUT2D eigenvalue weighted by atomic mass is 9.90. The quantitative estimate of drug-likeness (QED) is 0.288. The molecule has 0 radical (unpaired) electrons. The maximum Gasteiger partial charge on any atom is 0.419 e. The molecule has 33 heavy (non-hydrogen) atoms. The summed E-state index contributed by atoms with van der Waals surface area (Å²) in [6, 6.07) is 6.05. The predicted octanol–water partition coefficient (Wildman–Crippen LogP) is 6.17. The molecule has 2 atom stereocenters. The molecule has 0 aliphatic carbocycles. The summed E-state index contributed by atoms with van der Waals surface area (Å²) in [5.41, 5.74) is 0.285. The summed E-state index contributed by atoms with van der Waals surface area (Å²) in [5, 5.41) is 0. The van der Waals surface area contributed by atoms with E-state index < -0.39 is 57.7 Å². The molecule has 0 saturated heterocycles. The fraction of sp³-hybridized carbons (Fsp3) is 0.458. The highest BCUT2D eigenvalue weighted by Gasteiger charge is 2.39. The van der Waals surface area contributed by atoms with Gasteiger partial charge in [-0.25, -0.2) is 4.39 Å². The molecule has 2 aromatic rings. The summed E-state index contributed by atoms with van der Waals surface area (Å²) in [6.45, 7) is 10.1. The molecule has 9 heteroatoms. The molecule has 0 fully saturated rings. The van der Waals surface area contributed by atoms with E-state index in [1.54, 1.807) is 59.7 Å². The third-order valence-electron chi connectivity index (χ3n) is 5.03. The van der Waals surface area contributed by atoms with E-state index in [0.717, 1.165) is 6.07 Å². The van der Waals surface area contributed by atoms with Crippen LogP contribution in [0.4, 0.5) is 17.6 Å². The molecule has 0 heterocycles. The Morgan fingerprint density at radius 3 is 2.21 bits per heavy atom. The maximum atomic E-state index is 15.3. The highest BCUT2D eigenvalue weighted by atomic mass is 32.2. The number of benzene rings is 2. The standard InChI is InChI=1S/C24H29F4NO3S/c1-7-32-20(30)13-19(29-33(31)23(4,5)6)17-11-16(12-18(22(17)25)24(26,27)28)21-14(2)9-8-10-15(21)3/h8-12,19,29H,7,13H2,1-6H3/t19-,33?/m0/s1. The molecule has 0 aliphatic heterocycles. The van der Waals surface area contributed by atoms with Gasteiger partial charge in [-0.2, -0.15) is 13.2 Å². The van der Waals surface area contributed by atoms with Crippen molar-refractivity contribution in [1.82, 2.24) is 4.72 Å². The van der Waals surface area contributed by atoms with Crippen LogP contribution in [-0.2, 0) is 27.1 Å². The second-order valence-electron chi connectivity index (χ2n) is 8.75. The number of ether oxygens (including phenoxy) is 1. The first-order valence-corrected chi connectivity index (χ1v) is 11.6. The van der Waals surface area contributed by atoms with Gasteiger partial charge in [0.15, 0.2) is 0 Å². The number of rotatable bonds is 7. The van der Waals surface area contributed by atoms with Gasteiger partial charge in [0.05, 0.1) is 24.6 Å². The molecule has 2 rings (SSSR count). The minimum Gasteiger partial charge on any atom is -0.598 e. The summed E-state index contributed by atoms with van der Waals surface area (Å²) in [5.74, 6) is -2.25. The zero-order valence-corrected chi connectivity index (χ0v) is 20.3. The Hall–Kier alpha value is -2.10. The van der Waals surface area contributed by atoms with E-state index in [0.29, 0.717) is 16.7 Å². The molecule has 1 N–H and O–H groups in total. The zero-order chi connectivity index (χ0) is 25.1. The van der Waals surface area contributed by atoms with E-state index in [1.807, 2.05) is 0 Å². The van der Waals surface area contributed by atoms with Gasteiger partial charge in [-0.3, -0.25) is 4.79 Å². The van der Waals surface area contributed by atoms with Gasteiger partial charge in [-0.1, -0.05) is 18.2 Å². The molecular weight excluding hydrogens is 458 g/mol. The van der Waals surface area contributed by atoms with Crippen molar-refractivity contribution < 1.29 is 31.6 Å². The summed E-state index contributed by atoms with van der Waals surface area (Å²) in [4.78, 5) is 12.2. The number of esters is 1. The van der Waals surface area contributed by atoms with Crippen LogP contribution in [0.3, 0.4) is 0 Å². The average molecular weight is 488 g/mol. The van der Waals surface area contributed by atoms with Crippen LogP contribution < -0.4 is 4.72 Å². The number of hydrogen-bond donors (Lipinski definition) is 1. The normalized spacial score (nSPS) is 14.2. The number of alkyl halides is 3. The fourth-order valence-corrected chi connectivity index (χ4v) is 4.25. The van der Waals surface area contributed by atoms with E-state index >= 15 is 4.39 Å². The van der Waals surface area contributed by atoms with Gasteiger partial charge in [0.25, 0.3) is 0 Å². The lowest BCUT2D eigenvalue weighted by Gasteiger charge is -2.29. The van der Waals surface area contributed by atoms with Crippen molar-refractivity contribution in [3.63, 3.8) is 0 Å². The molecule has 2 aromatic carbocycles. The number of aryl methyl sites for hydroxylation is 2. The molecule has 4 nitrogen and oxygen atoms in total. The van der Waals surface area contributed by atoms with Crippen LogP contribution >= 0.6 is 0 Å². The first-order valence-electron chi connectivity index (χ1n) is 10.5. The number of carbonyl (C=O) groups excluding carboxylic acids is 1. The fourth-order valence-electron chi connectivity index (χ4n) is 3.43. The molecule has 182 valence electrons. The van der Waals surface area contributed by atoms with Gasteiger partial charge >= 0.3 is 12.1 Å². The number of hydrogen-bond acceptors (Lipinski definition) is 4. The summed E-state index contributed by atoms with van der Waals surface area (Å²) in [6.07, 6.45) is -5.46. The Morgan fingerprint density at radius 1 is 1.15 bits per heavy atom. The molecule has 0 spiro atoms. The Kier molecular flexibility index (Phi) is 8.59. The third kappa shape index (κ3) is 6.71. The van der Waals surface area contributed by atoms with E-state index in [1.165, 1.54) is 6.07 Å². The van der Waals surface area contributed by atoms with Crippen molar-refractivity contribution in [1.29, 1.82) is 0 Å². The van der Waals surface area contributed by atoms with Gasteiger partial charge in [0.2, 0.25) is 0 Å². The molecule has 0 aromatic heterocycles. The molecule has 0 saturated carbocycles. The van der Waals surface area contributed by atoms with Crippen LogP contribution in [0, 0.1) is 19.7 Å². The van der Waals surface area contributed by atoms with E-state index in [-0.39, 0.29) is 12.2 Å². The zero-order valence-electron chi connectivity index (χ0n) is 19.5. The van der Waals surface area contributed by atoms with Crippen molar-refractivity contribution >= 4 is 17.3 Å². The van der Waals surface area contributed by atoms with E-state index in [4.69, 9.17) is 4.74 Å². The SMILES string of the molecule is CCOC(=O)C[C@H](N[S+]([O-])C(C)(C)C)c1cc(-c2c(C)cccc2C)cc(C(F)(F)F)c1F. The Bertz CT molecular complexity index is 982. The highest BCUT2D eigenvalue weighted by Crippen LogP contribution is 2.40. The Labute approximate surface area is 195 Å². The van der Waals surface area contributed by atoms with Gasteiger partial charge in [-0.15, -0.1) is 4.72 Å². The van der Waals surface area contributed by atoms with Crippen molar-refractivity contribution in [3.05, 3.63) is 58.4 Å². The number of carbonyl (C=O) groups is 1. The summed E-state index contributed by atoms with van der Waals surface area (Å²) in [7, 11) is 0. The lowest BCUT2D eigenvalue weighted by Crippen LogP contribution is -2.42. The second kappa shape index (κ2) is 10.4. The van der Waals surface area contributed by atoms with Crippen LogP contribution in [0.25, 0.3) is 11.1 Å². The van der Waals surface area contributed by atoms with Crippen LogP contribution in [-0.4, -0.2) is 21.9 Å². The van der Waals surface area contributed by atoms with Gasteiger partial charge in [0.1, 0.15) is 10.6 Å². The van der Waals surface area contributed by atoms with Gasteiger partial charge in [0, 0.05) is 16.9 Å². The Morgan fingerprint density at radius 2 is 1.73 bits per heavy atom. The summed E-state index contributed by atoms with van der Waals surface area (Å²) >= 11 is -1.79. The molecule has 0 bridgehead atoms. The largest absolute Gasteiger partial charge is 0.598 e. The first-order chi connectivity index (χ1) is 15.2. The van der Waals surface area contributed by atoms with Gasteiger partial charge < -0.3 is 9.29 Å². The van der Waals surface area contributed by atoms with Crippen molar-refractivity contribution in [2.24, 2.45) is 0 Å². The highest BCUT2D eigenvalue weighted by molar-refractivity contribution is 7.90. The molecule has 0 aliphatic rings. The summed E-state index contributed by atoms with van der Waals surface area (Å²) < 4.78 is 76.2. The topological polar surface area (TPSA) is 61.4 Å². The second-order valence-corrected chi connectivity index (χ2v) is 10.8. The number of halogens is 4. The first kappa shape index (κ1) is 27.1. The van der Waals surface area contributed by atoms with Crippen LogP contribution in [0.1, 0.15) is 62.4 Å². The maximum absolute atomic E-state index is 15.3. The van der Waals surface area contributed by atoms with Gasteiger partial charge in [-0.05, 0) is 75.9 Å². The smallest absolute Gasteiger partial charge is 0.419 e. The van der Waals surface area contributed by atoms with E-state index in [9.17, 15) is 22.5 Å². The lowest BCUT2D eigenvalue weighted by molar-refractivity contribution is -0.143. The third-order valence-corrected chi connectivity index (χ3v) is 6.64. The van der Waals surface area contributed by atoms with Crippen molar-refractivity contribution in [2.45, 2.75) is 64.9 Å². The predicted molar refractivity (Wildman–Crippen MR) is 121 cm³/mol. The van der Waals surface area contributed by atoms with Crippen LogP contribution in [0.5, 0.6) is 0 Å². The van der Waals surface area contributed by atoms with Crippen LogP contribution in [0.15, 0.2) is 30.3 Å². The average Bonchev–Trinajstić information content (AvgIpc) is 2.66. The minimum absolute atomic E-state index is 0.0483. The monoisotopic (exact) mass is 487 g/mol.